The van der Waals surface area contributed by atoms with Crippen LogP contribution in [0.4, 0.5) is 0 Å². The van der Waals surface area contributed by atoms with E-state index in [4.69, 9.17) is 0 Å². The lowest BCUT2D eigenvalue weighted by molar-refractivity contribution is -0.167. The average Bonchev–Trinajstić information content (AvgIpc) is 3.30. The summed E-state index contributed by atoms with van der Waals surface area (Å²) < 4.78 is 0. The van der Waals surface area contributed by atoms with E-state index in [2.05, 4.69) is 57.1 Å². The zero-order chi connectivity index (χ0) is 29.0. The predicted molar refractivity (Wildman–Crippen MR) is 179 cm³/mol. The van der Waals surface area contributed by atoms with Crippen LogP contribution in [0.1, 0.15) is 144 Å². The van der Waals surface area contributed by atoms with Gasteiger partial charge in [0, 0.05) is 17.9 Å². The average molecular weight is 581 g/mol. The van der Waals surface area contributed by atoms with Gasteiger partial charge < -0.3 is 10.4 Å². The largest absolute Gasteiger partial charge is 0.393 e. The molecule has 240 valence electrons. The molecule has 0 saturated heterocycles. The van der Waals surface area contributed by atoms with E-state index in [1.807, 2.05) is 12.3 Å². The quantitative estimate of drug-likeness (QED) is 0.228. The lowest BCUT2D eigenvalue weighted by Crippen LogP contribution is -2.59. The second-order valence-corrected chi connectivity index (χ2v) is 16.2. The number of unbranched alkanes of at least 4 members (excludes halogenated alkanes) is 3. The Kier molecular flexibility index (Phi) is 12.0. The van der Waals surface area contributed by atoms with Gasteiger partial charge in [0.2, 0.25) is 0 Å². The van der Waals surface area contributed by atoms with Crippen molar-refractivity contribution in [1.29, 1.82) is 0 Å². The van der Waals surface area contributed by atoms with E-state index in [1.165, 1.54) is 95.6 Å². The van der Waals surface area contributed by atoms with Crippen molar-refractivity contribution in [3.63, 3.8) is 0 Å². The Morgan fingerprint density at radius 2 is 1.64 bits per heavy atom. The number of aromatic nitrogens is 1. The Balaban J connectivity index is 0.00000405. The fourth-order valence-corrected chi connectivity index (χ4v) is 11.1. The van der Waals surface area contributed by atoms with Crippen molar-refractivity contribution in [2.45, 2.75) is 157 Å². The van der Waals surface area contributed by atoms with Gasteiger partial charge >= 0.3 is 0 Å². The van der Waals surface area contributed by atoms with Crippen LogP contribution in [0.2, 0.25) is 0 Å². The molecule has 4 aliphatic rings. The van der Waals surface area contributed by atoms with Crippen LogP contribution in [-0.4, -0.2) is 28.8 Å². The SMILES string of the molecule is C.CC(C)CCC[C@H](C)[C@H]1CC[C@H]2[C@@H]3[C@H](O)CC4C[C@H](NCCCCCCc5ccccn5)CC[C@]4(C)[C@H]3CC[C@]12C. The molecule has 3 nitrogen and oxygen atoms in total. The number of hydrogen-bond donors (Lipinski definition) is 2. The van der Waals surface area contributed by atoms with E-state index < -0.39 is 0 Å². The van der Waals surface area contributed by atoms with Crippen LogP contribution in [0.15, 0.2) is 24.4 Å². The minimum atomic E-state index is -0.0736. The van der Waals surface area contributed by atoms with Gasteiger partial charge in [-0.05, 0) is 142 Å². The van der Waals surface area contributed by atoms with E-state index in [1.54, 1.807) is 0 Å². The Bertz CT molecular complexity index is 934. The van der Waals surface area contributed by atoms with Crippen molar-refractivity contribution in [3.05, 3.63) is 30.1 Å². The molecule has 1 unspecified atom stereocenters. The minimum absolute atomic E-state index is 0. The molecule has 0 amide bonds. The highest BCUT2D eigenvalue weighted by molar-refractivity contribution is 5.12. The number of aryl methyl sites for hydroxylation is 1. The van der Waals surface area contributed by atoms with Gasteiger partial charge in [0.25, 0.3) is 0 Å². The Morgan fingerprint density at radius 1 is 0.881 bits per heavy atom. The molecule has 1 heterocycles. The third kappa shape index (κ3) is 7.30. The molecule has 3 heteroatoms. The van der Waals surface area contributed by atoms with E-state index in [9.17, 15) is 5.11 Å². The second kappa shape index (κ2) is 14.9. The predicted octanol–water partition coefficient (Wildman–Crippen LogP) is 9.87. The summed E-state index contributed by atoms with van der Waals surface area (Å²) in [5, 5.41) is 15.7. The van der Waals surface area contributed by atoms with Crippen LogP contribution in [-0.2, 0) is 6.42 Å². The Labute approximate surface area is 260 Å². The highest BCUT2D eigenvalue weighted by Gasteiger charge is 2.62. The summed E-state index contributed by atoms with van der Waals surface area (Å²) in [6.07, 6.45) is 22.9. The maximum Gasteiger partial charge on any atom is 0.0577 e. The molecular formula is C39H68N2O. The molecule has 4 fully saturated rings. The minimum Gasteiger partial charge on any atom is -0.393 e. The molecule has 0 radical (unpaired) electrons. The lowest BCUT2D eigenvalue weighted by atomic mass is 9.43. The summed E-state index contributed by atoms with van der Waals surface area (Å²) in [5.74, 6) is 5.27. The van der Waals surface area contributed by atoms with Gasteiger partial charge in [0.15, 0.2) is 0 Å². The number of aliphatic hydroxyl groups is 1. The molecule has 1 aromatic heterocycles. The first-order valence-corrected chi connectivity index (χ1v) is 18.0. The van der Waals surface area contributed by atoms with E-state index in [0.29, 0.717) is 28.7 Å². The van der Waals surface area contributed by atoms with Crippen molar-refractivity contribution in [2.75, 3.05) is 6.54 Å². The first-order valence-electron chi connectivity index (χ1n) is 18.0. The molecule has 0 spiro atoms. The summed E-state index contributed by atoms with van der Waals surface area (Å²) in [5.41, 5.74) is 2.13. The van der Waals surface area contributed by atoms with Crippen LogP contribution in [0.25, 0.3) is 0 Å². The molecule has 0 aromatic carbocycles. The zero-order valence-corrected chi connectivity index (χ0v) is 27.4. The summed E-state index contributed by atoms with van der Waals surface area (Å²) in [4.78, 5) is 4.46. The van der Waals surface area contributed by atoms with E-state index in [0.717, 1.165) is 49.0 Å². The molecule has 0 aliphatic heterocycles. The number of aliphatic hydroxyl groups excluding tert-OH is 1. The van der Waals surface area contributed by atoms with Crippen LogP contribution in [0.5, 0.6) is 0 Å². The van der Waals surface area contributed by atoms with Gasteiger partial charge in [-0.25, -0.2) is 0 Å². The van der Waals surface area contributed by atoms with Crippen molar-refractivity contribution < 1.29 is 5.11 Å². The first kappa shape index (κ1) is 34.0. The van der Waals surface area contributed by atoms with Crippen molar-refractivity contribution >= 4 is 0 Å². The monoisotopic (exact) mass is 581 g/mol. The number of rotatable bonds is 13. The summed E-state index contributed by atoms with van der Waals surface area (Å²) in [7, 11) is 0. The van der Waals surface area contributed by atoms with E-state index in [-0.39, 0.29) is 13.5 Å². The van der Waals surface area contributed by atoms with Gasteiger partial charge in [-0.3, -0.25) is 4.98 Å². The third-order valence-corrected chi connectivity index (χ3v) is 13.4. The standard InChI is InChI=1S/C38H64N2O.CH4/c1-27(2)13-12-14-28(3)32-17-18-33-36-34(20-22-38(32,33)5)37(4)21-19-31(25-29(37)26-35(36)41)40-23-10-7-6-8-15-30-16-9-11-24-39-30;/h9,11,16,24,27-29,31-36,40-41H,6-8,10,12-15,17-23,25-26H2,1-5H3;1H4/t28-,29?,31+,32+,33-,34-,35+,36-,37-,38+;/m0./s1. The number of nitrogens with zero attached hydrogens (tertiary/aromatic N) is 1. The van der Waals surface area contributed by atoms with Crippen LogP contribution < -0.4 is 5.32 Å². The van der Waals surface area contributed by atoms with Gasteiger partial charge in [-0.2, -0.15) is 0 Å². The molecule has 4 saturated carbocycles. The maximum atomic E-state index is 11.8. The van der Waals surface area contributed by atoms with Crippen molar-refractivity contribution in [3.8, 4) is 0 Å². The van der Waals surface area contributed by atoms with Gasteiger partial charge in [0.05, 0.1) is 6.10 Å². The molecule has 10 atom stereocenters. The number of hydrogen-bond acceptors (Lipinski definition) is 3. The maximum absolute atomic E-state index is 11.8. The number of pyridine rings is 1. The van der Waals surface area contributed by atoms with Crippen LogP contribution >= 0.6 is 0 Å². The molecule has 0 bridgehead atoms. The number of fused-ring (bicyclic) bond motifs is 5. The first-order chi connectivity index (χ1) is 19.7. The normalized spacial score (nSPS) is 38.3. The fourth-order valence-electron chi connectivity index (χ4n) is 11.1. The number of nitrogens with one attached hydrogen (secondary N) is 1. The molecule has 42 heavy (non-hydrogen) atoms. The second-order valence-electron chi connectivity index (χ2n) is 16.2. The molecule has 4 aliphatic carbocycles. The van der Waals surface area contributed by atoms with Crippen LogP contribution in [0.3, 0.4) is 0 Å². The smallest absolute Gasteiger partial charge is 0.0577 e. The summed E-state index contributed by atoms with van der Waals surface area (Å²) >= 11 is 0. The van der Waals surface area contributed by atoms with Crippen molar-refractivity contribution in [2.24, 2.45) is 52.3 Å². The Hall–Kier alpha value is -0.930. The van der Waals surface area contributed by atoms with Gasteiger partial charge in [0.1, 0.15) is 0 Å². The molecule has 1 aromatic rings. The lowest BCUT2D eigenvalue weighted by Gasteiger charge is -2.62. The van der Waals surface area contributed by atoms with Crippen molar-refractivity contribution in [1.82, 2.24) is 10.3 Å². The fraction of sp³-hybridized carbons (Fsp3) is 0.872. The van der Waals surface area contributed by atoms with Crippen LogP contribution in [0, 0.1) is 52.3 Å². The van der Waals surface area contributed by atoms with Gasteiger partial charge in [-0.15, -0.1) is 0 Å². The van der Waals surface area contributed by atoms with Gasteiger partial charge in [-0.1, -0.05) is 80.2 Å². The highest BCUT2D eigenvalue weighted by Crippen LogP contribution is 2.68. The molecular weight excluding hydrogens is 512 g/mol. The Morgan fingerprint density at radius 3 is 2.40 bits per heavy atom. The summed E-state index contributed by atoms with van der Waals surface area (Å²) in [6, 6.07) is 6.90. The topological polar surface area (TPSA) is 45.1 Å². The third-order valence-electron chi connectivity index (χ3n) is 13.4. The zero-order valence-electron chi connectivity index (χ0n) is 27.4. The van der Waals surface area contributed by atoms with E-state index >= 15 is 0 Å². The highest BCUT2D eigenvalue weighted by atomic mass is 16.3. The summed E-state index contributed by atoms with van der Waals surface area (Å²) in [6.45, 7) is 13.8. The molecule has 2 N–H and O–H groups in total. The molecule has 5 rings (SSSR count).